The summed E-state index contributed by atoms with van der Waals surface area (Å²) in [5, 5.41) is 0. The molecule has 0 aromatic heterocycles. The minimum atomic E-state index is 1.10. The number of unbranched alkanes of at least 4 members (excludes halogenated alkanes) is 6. The van der Waals surface area contributed by atoms with Crippen molar-refractivity contribution in [3.63, 3.8) is 0 Å². The Morgan fingerprint density at radius 1 is 0.895 bits per heavy atom. The first-order chi connectivity index (χ1) is 9.38. The van der Waals surface area contributed by atoms with Crippen molar-refractivity contribution in [1.29, 1.82) is 0 Å². The third-order valence-electron chi connectivity index (χ3n) is 3.43. The van der Waals surface area contributed by atoms with E-state index in [1.807, 2.05) is 11.9 Å². The zero-order chi connectivity index (χ0) is 13.8. The Kier molecular flexibility index (Phi) is 9.70. The molecule has 0 aliphatic rings. The molecule has 0 bridgehead atoms. The molecule has 1 rings (SSSR count). The van der Waals surface area contributed by atoms with Crippen molar-refractivity contribution >= 4 is 17.6 Å². The molecule has 0 aliphatic carbocycles. The zero-order valence-corrected chi connectivity index (χ0v) is 13.4. The number of anilines is 1. The summed E-state index contributed by atoms with van der Waals surface area (Å²) in [6, 6.07) is 8.61. The second-order valence-electron chi connectivity index (χ2n) is 5.08. The van der Waals surface area contributed by atoms with Gasteiger partial charge in [-0.3, -0.25) is 0 Å². The van der Waals surface area contributed by atoms with E-state index in [-0.39, 0.29) is 0 Å². The van der Waals surface area contributed by atoms with Gasteiger partial charge in [0.15, 0.2) is 0 Å². The Labute approximate surface area is 123 Å². The molecule has 0 spiro atoms. The molecule has 1 nitrogen and oxygen atoms in total. The molecule has 0 fully saturated rings. The molecular weight excluding hydrogens is 250 g/mol. The Hall–Kier alpha value is -0.630. The number of aryl methyl sites for hydroxylation is 1. The van der Waals surface area contributed by atoms with Gasteiger partial charge in [-0.25, -0.2) is 0 Å². The highest BCUT2D eigenvalue weighted by Crippen LogP contribution is 2.20. The van der Waals surface area contributed by atoms with Crippen LogP contribution in [0.3, 0.4) is 0 Å². The Bertz CT molecular complexity index is 325. The first kappa shape index (κ1) is 16.4. The number of rotatable bonds is 11. The molecule has 0 amide bonds. The van der Waals surface area contributed by atoms with Crippen molar-refractivity contribution in [2.75, 3.05) is 10.5 Å². The van der Waals surface area contributed by atoms with Crippen LogP contribution in [0.1, 0.15) is 64.4 Å². The van der Waals surface area contributed by atoms with Gasteiger partial charge in [0.05, 0.1) is 0 Å². The quantitative estimate of drug-likeness (QED) is 0.390. The first-order valence-electron chi connectivity index (χ1n) is 7.84. The average molecular weight is 279 g/mol. The van der Waals surface area contributed by atoms with Crippen LogP contribution in [0.4, 0.5) is 5.69 Å². The number of hydrogen-bond donors (Lipinski definition) is 1. The molecular formula is C17H29NS. The van der Waals surface area contributed by atoms with Gasteiger partial charge in [-0.2, -0.15) is 0 Å². The highest BCUT2D eigenvalue weighted by molar-refractivity contribution is 8.00. The number of para-hydroxylation sites is 1. The summed E-state index contributed by atoms with van der Waals surface area (Å²) in [6.07, 6.45) is 10.8. The van der Waals surface area contributed by atoms with E-state index in [0.29, 0.717) is 0 Å². The fourth-order valence-electron chi connectivity index (χ4n) is 2.19. The van der Waals surface area contributed by atoms with E-state index in [1.54, 1.807) is 0 Å². The van der Waals surface area contributed by atoms with Gasteiger partial charge >= 0.3 is 0 Å². The molecule has 0 aliphatic heterocycles. The van der Waals surface area contributed by atoms with Crippen molar-refractivity contribution in [3.05, 3.63) is 29.8 Å². The van der Waals surface area contributed by atoms with Gasteiger partial charge in [0, 0.05) is 11.4 Å². The van der Waals surface area contributed by atoms with Crippen LogP contribution >= 0.6 is 11.9 Å². The highest BCUT2D eigenvalue weighted by Gasteiger charge is 1.98. The molecule has 1 aromatic rings. The predicted molar refractivity (Wildman–Crippen MR) is 89.9 cm³/mol. The third kappa shape index (κ3) is 7.51. The molecule has 0 heterocycles. The van der Waals surface area contributed by atoms with E-state index < -0.39 is 0 Å². The van der Waals surface area contributed by atoms with Crippen LogP contribution in [-0.4, -0.2) is 5.75 Å². The van der Waals surface area contributed by atoms with Gasteiger partial charge in [-0.05, 0) is 24.5 Å². The van der Waals surface area contributed by atoms with Crippen molar-refractivity contribution in [3.8, 4) is 0 Å². The van der Waals surface area contributed by atoms with Gasteiger partial charge in [0.25, 0.3) is 0 Å². The van der Waals surface area contributed by atoms with Gasteiger partial charge in [0.1, 0.15) is 0 Å². The highest BCUT2D eigenvalue weighted by atomic mass is 32.2. The van der Waals surface area contributed by atoms with Gasteiger partial charge in [-0.1, -0.05) is 82.5 Å². The summed E-state index contributed by atoms with van der Waals surface area (Å²) in [7, 11) is 0. The topological polar surface area (TPSA) is 12.0 Å². The van der Waals surface area contributed by atoms with Crippen LogP contribution in [0.5, 0.6) is 0 Å². The van der Waals surface area contributed by atoms with Crippen LogP contribution in [0.15, 0.2) is 24.3 Å². The van der Waals surface area contributed by atoms with Crippen LogP contribution in [0.25, 0.3) is 0 Å². The molecule has 0 radical (unpaired) electrons. The van der Waals surface area contributed by atoms with E-state index in [0.717, 1.165) is 6.42 Å². The van der Waals surface area contributed by atoms with Crippen LogP contribution in [0.2, 0.25) is 0 Å². The van der Waals surface area contributed by atoms with E-state index in [9.17, 15) is 0 Å². The summed E-state index contributed by atoms with van der Waals surface area (Å²) in [4.78, 5) is 0. The molecule has 2 heteroatoms. The zero-order valence-electron chi connectivity index (χ0n) is 12.6. The lowest BCUT2D eigenvalue weighted by Crippen LogP contribution is -1.94. The van der Waals surface area contributed by atoms with Crippen molar-refractivity contribution < 1.29 is 0 Å². The standard InChI is InChI=1S/C17H29NS/c1-3-5-6-7-8-9-12-15-19-18-17-14-11-10-13-16(17)4-2/h10-11,13-14,18H,3-9,12,15H2,1-2H3. The molecule has 1 N–H and O–H groups in total. The predicted octanol–water partition coefficient (Wildman–Crippen LogP) is 6.06. The van der Waals surface area contributed by atoms with Crippen molar-refractivity contribution in [2.45, 2.75) is 65.2 Å². The SMILES string of the molecule is CCCCCCCCCSNc1ccccc1CC. The number of nitrogens with one attached hydrogen (secondary N) is 1. The summed E-state index contributed by atoms with van der Waals surface area (Å²) in [5.41, 5.74) is 2.70. The van der Waals surface area contributed by atoms with Crippen LogP contribution in [0, 0.1) is 0 Å². The number of hydrogen-bond acceptors (Lipinski definition) is 2. The smallest absolute Gasteiger partial charge is 0.0472 e. The fourth-order valence-corrected chi connectivity index (χ4v) is 2.99. The monoisotopic (exact) mass is 279 g/mol. The largest absolute Gasteiger partial charge is 0.329 e. The van der Waals surface area contributed by atoms with Gasteiger partial charge in [0.2, 0.25) is 0 Å². The third-order valence-corrected chi connectivity index (χ3v) is 4.29. The molecule has 0 saturated heterocycles. The Balaban J connectivity index is 2.01. The van der Waals surface area contributed by atoms with Gasteiger partial charge in [-0.15, -0.1) is 0 Å². The molecule has 0 unspecified atom stereocenters. The van der Waals surface area contributed by atoms with E-state index in [2.05, 4.69) is 42.8 Å². The first-order valence-corrected chi connectivity index (χ1v) is 8.82. The van der Waals surface area contributed by atoms with E-state index in [1.165, 1.54) is 61.9 Å². The maximum Gasteiger partial charge on any atom is 0.0472 e. The minimum absolute atomic E-state index is 1.10. The minimum Gasteiger partial charge on any atom is -0.329 e. The fraction of sp³-hybridized carbons (Fsp3) is 0.647. The Morgan fingerprint density at radius 3 is 2.32 bits per heavy atom. The molecule has 1 aromatic carbocycles. The van der Waals surface area contributed by atoms with Gasteiger partial charge < -0.3 is 4.72 Å². The van der Waals surface area contributed by atoms with Crippen LogP contribution < -0.4 is 4.72 Å². The van der Waals surface area contributed by atoms with E-state index >= 15 is 0 Å². The van der Waals surface area contributed by atoms with Crippen molar-refractivity contribution in [2.24, 2.45) is 0 Å². The molecule has 0 atom stereocenters. The van der Waals surface area contributed by atoms with Crippen LogP contribution in [-0.2, 0) is 6.42 Å². The molecule has 108 valence electrons. The maximum absolute atomic E-state index is 3.49. The molecule has 19 heavy (non-hydrogen) atoms. The number of benzene rings is 1. The normalized spacial score (nSPS) is 10.6. The second kappa shape index (κ2) is 11.2. The summed E-state index contributed by atoms with van der Waals surface area (Å²) < 4.78 is 3.49. The van der Waals surface area contributed by atoms with E-state index in [4.69, 9.17) is 0 Å². The Morgan fingerprint density at radius 2 is 1.58 bits per heavy atom. The lowest BCUT2D eigenvalue weighted by Gasteiger charge is -2.09. The summed E-state index contributed by atoms with van der Waals surface area (Å²) >= 11 is 1.85. The second-order valence-corrected chi connectivity index (χ2v) is 5.98. The average Bonchev–Trinajstić information content (AvgIpc) is 2.46. The summed E-state index contributed by atoms with van der Waals surface area (Å²) in [5.74, 6) is 1.21. The summed E-state index contributed by atoms with van der Waals surface area (Å²) in [6.45, 7) is 4.48. The lowest BCUT2D eigenvalue weighted by atomic mass is 10.1. The maximum atomic E-state index is 3.49. The van der Waals surface area contributed by atoms with Crippen molar-refractivity contribution in [1.82, 2.24) is 0 Å². The molecule has 0 saturated carbocycles. The lowest BCUT2D eigenvalue weighted by molar-refractivity contribution is 0.603.